The molecule has 3 aromatic rings. The van der Waals surface area contributed by atoms with Crippen LogP contribution in [0.15, 0.2) is 54.1 Å². The third kappa shape index (κ3) is 4.40. The number of methoxy groups -OCH3 is 1. The number of cyclic esters (lactones) is 1. The number of rotatable bonds is 7. The van der Waals surface area contributed by atoms with Gasteiger partial charge in [-0.15, -0.1) is 5.10 Å². The fourth-order valence-corrected chi connectivity index (χ4v) is 3.85. The molecule has 2 aliphatic heterocycles. The van der Waals surface area contributed by atoms with Gasteiger partial charge in [0.2, 0.25) is 0 Å². The Morgan fingerprint density at radius 1 is 1.24 bits per heavy atom. The van der Waals surface area contributed by atoms with Crippen molar-refractivity contribution in [2.45, 2.75) is 25.2 Å². The summed E-state index contributed by atoms with van der Waals surface area (Å²) in [5.74, 6) is -0.462. The first kappa shape index (κ1) is 21.0. The molecule has 0 N–H and O–H groups in total. The van der Waals surface area contributed by atoms with Crippen LogP contribution in [-0.2, 0) is 20.9 Å². The standard InChI is InChI=1S/C22H21FN6O4/c1-31-13-16-9-21(26-33-16)20-5-2-14(10-24-20)18-4-3-15(8-19(18)23)29-12-17(32-22(29)30)11-28-7-6-25-27-28/h2-8,10,16-17H,9,11-13H2,1H3/t16-,17-/m0/s1. The van der Waals surface area contributed by atoms with Crippen molar-refractivity contribution in [3.63, 3.8) is 0 Å². The maximum absolute atomic E-state index is 15.0. The number of ether oxygens (including phenoxy) is 2. The van der Waals surface area contributed by atoms with Crippen molar-refractivity contribution in [3.8, 4) is 11.1 Å². The Hall–Kier alpha value is -3.86. The maximum Gasteiger partial charge on any atom is 0.414 e. The first-order valence-corrected chi connectivity index (χ1v) is 10.4. The Labute approximate surface area is 188 Å². The lowest BCUT2D eigenvalue weighted by atomic mass is 10.0. The van der Waals surface area contributed by atoms with E-state index in [9.17, 15) is 9.18 Å². The smallest absolute Gasteiger partial charge is 0.414 e. The monoisotopic (exact) mass is 452 g/mol. The van der Waals surface area contributed by atoms with E-state index in [0.717, 1.165) is 5.71 Å². The molecule has 2 aliphatic rings. The van der Waals surface area contributed by atoms with Gasteiger partial charge in [-0.1, -0.05) is 16.4 Å². The van der Waals surface area contributed by atoms with Gasteiger partial charge in [-0.3, -0.25) is 9.88 Å². The van der Waals surface area contributed by atoms with Gasteiger partial charge < -0.3 is 14.3 Å². The summed E-state index contributed by atoms with van der Waals surface area (Å²) in [6.07, 6.45) is 4.40. The van der Waals surface area contributed by atoms with Crippen LogP contribution >= 0.6 is 0 Å². The normalized spacial score (nSPS) is 20.0. The van der Waals surface area contributed by atoms with Crippen LogP contribution in [0, 0.1) is 5.82 Å². The van der Waals surface area contributed by atoms with Crippen LogP contribution in [0.4, 0.5) is 14.9 Å². The number of carbonyl (C=O) groups is 1. The number of benzene rings is 1. The number of halogens is 1. The molecule has 0 bridgehead atoms. The molecule has 1 fully saturated rings. The molecule has 2 aromatic heterocycles. The minimum Gasteiger partial charge on any atom is -0.442 e. The highest BCUT2D eigenvalue weighted by atomic mass is 19.1. The van der Waals surface area contributed by atoms with E-state index < -0.39 is 18.0 Å². The summed E-state index contributed by atoms with van der Waals surface area (Å²) in [6, 6.07) is 8.21. The number of aromatic nitrogens is 4. The van der Waals surface area contributed by atoms with E-state index in [1.165, 1.54) is 11.0 Å². The van der Waals surface area contributed by atoms with Gasteiger partial charge in [0, 0.05) is 37.1 Å². The van der Waals surface area contributed by atoms with Crippen LogP contribution in [0.25, 0.3) is 11.1 Å². The Kier molecular flexibility index (Phi) is 5.69. The number of carbonyl (C=O) groups excluding carboxylic acids is 1. The van der Waals surface area contributed by atoms with Crippen molar-refractivity contribution >= 4 is 17.5 Å². The van der Waals surface area contributed by atoms with Gasteiger partial charge in [-0.2, -0.15) is 0 Å². The largest absolute Gasteiger partial charge is 0.442 e. The Balaban J connectivity index is 1.28. The van der Waals surface area contributed by atoms with E-state index in [0.29, 0.717) is 48.6 Å². The van der Waals surface area contributed by atoms with E-state index in [2.05, 4.69) is 20.5 Å². The molecule has 2 atom stereocenters. The van der Waals surface area contributed by atoms with Gasteiger partial charge in [-0.05, 0) is 24.3 Å². The Morgan fingerprint density at radius 3 is 2.88 bits per heavy atom. The summed E-state index contributed by atoms with van der Waals surface area (Å²) in [4.78, 5) is 23.4. The van der Waals surface area contributed by atoms with E-state index in [1.54, 1.807) is 54.6 Å². The fraction of sp³-hybridized carbons (Fsp3) is 0.318. The number of nitrogens with zero attached hydrogens (tertiary/aromatic N) is 6. The highest BCUT2D eigenvalue weighted by Crippen LogP contribution is 2.29. The third-order valence-electron chi connectivity index (χ3n) is 5.46. The van der Waals surface area contributed by atoms with E-state index in [-0.39, 0.29) is 6.10 Å². The van der Waals surface area contributed by atoms with Crippen molar-refractivity contribution in [1.82, 2.24) is 20.0 Å². The van der Waals surface area contributed by atoms with Crippen LogP contribution in [0.5, 0.6) is 0 Å². The topological polar surface area (TPSA) is 104 Å². The van der Waals surface area contributed by atoms with Gasteiger partial charge in [0.15, 0.2) is 6.10 Å². The SMILES string of the molecule is COC[C@@H]1CC(c2ccc(-c3ccc(N4C[C@H](Cn5ccnn5)OC4=O)cc3F)cn2)=NO1. The van der Waals surface area contributed by atoms with E-state index >= 15 is 0 Å². The molecule has 0 aliphatic carbocycles. The lowest BCUT2D eigenvalue weighted by Gasteiger charge is -2.14. The van der Waals surface area contributed by atoms with Crippen LogP contribution < -0.4 is 4.90 Å². The first-order chi connectivity index (χ1) is 16.1. The number of amides is 1. The molecule has 33 heavy (non-hydrogen) atoms. The zero-order valence-electron chi connectivity index (χ0n) is 17.8. The summed E-state index contributed by atoms with van der Waals surface area (Å²) in [6.45, 7) is 1.12. The first-order valence-electron chi connectivity index (χ1n) is 10.4. The lowest BCUT2D eigenvalue weighted by molar-refractivity contribution is 0.0208. The number of oxime groups is 1. The van der Waals surface area contributed by atoms with Crippen LogP contribution in [0.1, 0.15) is 12.1 Å². The minimum absolute atomic E-state index is 0.121. The average Bonchev–Trinajstić information content (AvgIpc) is 3.57. The molecule has 1 aromatic carbocycles. The highest BCUT2D eigenvalue weighted by molar-refractivity contribution is 5.99. The molecule has 1 amide bonds. The molecule has 4 heterocycles. The third-order valence-corrected chi connectivity index (χ3v) is 5.46. The molecule has 170 valence electrons. The van der Waals surface area contributed by atoms with Crippen molar-refractivity contribution in [1.29, 1.82) is 0 Å². The molecule has 5 rings (SSSR count). The molecule has 0 saturated carbocycles. The van der Waals surface area contributed by atoms with Crippen molar-refractivity contribution in [3.05, 3.63) is 60.4 Å². The number of pyridine rings is 1. The highest BCUT2D eigenvalue weighted by Gasteiger charge is 2.33. The quantitative estimate of drug-likeness (QED) is 0.543. The summed E-state index contributed by atoms with van der Waals surface area (Å²) in [5, 5.41) is 11.7. The summed E-state index contributed by atoms with van der Waals surface area (Å²) < 4.78 is 27.0. The summed E-state index contributed by atoms with van der Waals surface area (Å²) in [5.41, 5.74) is 2.82. The molecular weight excluding hydrogens is 431 g/mol. The van der Waals surface area contributed by atoms with E-state index in [1.807, 2.05) is 0 Å². The molecule has 1 saturated heterocycles. The predicted molar refractivity (Wildman–Crippen MR) is 115 cm³/mol. The van der Waals surface area contributed by atoms with Crippen LogP contribution in [-0.4, -0.2) is 64.3 Å². The van der Waals surface area contributed by atoms with E-state index in [4.69, 9.17) is 14.3 Å². The zero-order valence-corrected chi connectivity index (χ0v) is 17.8. The molecule has 11 heteroatoms. The zero-order chi connectivity index (χ0) is 22.8. The maximum atomic E-state index is 15.0. The molecule has 10 nitrogen and oxygen atoms in total. The fourth-order valence-electron chi connectivity index (χ4n) is 3.85. The van der Waals surface area contributed by atoms with Crippen molar-refractivity contribution < 1.29 is 23.5 Å². The number of hydrogen-bond donors (Lipinski definition) is 0. The second kappa shape index (κ2) is 8.94. The van der Waals surface area contributed by atoms with Crippen molar-refractivity contribution in [2.75, 3.05) is 25.2 Å². The summed E-state index contributed by atoms with van der Waals surface area (Å²) >= 11 is 0. The van der Waals surface area contributed by atoms with Crippen LogP contribution in [0.3, 0.4) is 0 Å². The lowest BCUT2D eigenvalue weighted by Crippen LogP contribution is -2.26. The molecule has 0 spiro atoms. The second-order valence-electron chi connectivity index (χ2n) is 7.76. The molecule has 0 radical (unpaired) electrons. The Morgan fingerprint density at radius 2 is 2.15 bits per heavy atom. The summed E-state index contributed by atoms with van der Waals surface area (Å²) in [7, 11) is 1.61. The van der Waals surface area contributed by atoms with Crippen molar-refractivity contribution in [2.24, 2.45) is 5.16 Å². The molecular formula is C22H21FN6O4. The predicted octanol–water partition coefficient (Wildman–Crippen LogP) is 2.64. The number of anilines is 1. The molecule has 0 unspecified atom stereocenters. The second-order valence-corrected chi connectivity index (χ2v) is 7.76. The van der Waals surface area contributed by atoms with Gasteiger partial charge in [0.25, 0.3) is 0 Å². The Bertz CT molecular complexity index is 1170. The van der Waals surface area contributed by atoms with Gasteiger partial charge >= 0.3 is 6.09 Å². The minimum atomic E-state index is -0.524. The van der Waals surface area contributed by atoms with Gasteiger partial charge in [0.1, 0.15) is 17.6 Å². The average molecular weight is 452 g/mol. The van der Waals surface area contributed by atoms with Gasteiger partial charge in [-0.25, -0.2) is 13.9 Å². The van der Waals surface area contributed by atoms with Crippen LogP contribution in [0.2, 0.25) is 0 Å². The number of hydrogen-bond acceptors (Lipinski definition) is 8. The van der Waals surface area contributed by atoms with Gasteiger partial charge in [0.05, 0.1) is 37.3 Å².